The number of pyridine rings is 1. The van der Waals surface area contributed by atoms with E-state index in [-0.39, 0.29) is 0 Å². The van der Waals surface area contributed by atoms with Crippen LogP contribution in [0.25, 0.3) is 11.1 Å². The molecule has 2 aromatic carbocycles. The molecular formula is C23H22N4. The maximum atomic E-state index is 4.62. The highest BCUT2D eigenvalue weighted by Crippen LogP contribution is 2.46. The second-order valence-electron chi connectivity index (χ2n) is 7.07. The van der Waals surface area contributed by atoms with Crippen molar-refractivity contribution in [2.75, 3.05) is 26.2 Å². The summed E-state index contributed by atoms with van der Waals surface area (Å²) < 4.78 is 0. The van der Waals surface area contributed by atoms with Gasteiger partial charge in [0, 0.05) is 32.4 Å². The topological polar surface area (TPSA) is 31.7 Å². The van der Waals surface area contributed by atoms with E-state index in [9.17, 15) is 0 Å². The third kappa shape index (κ3) is 3.02. The van der Waals surface area contributed by atoms with Crippen LogP contribution < -0.4 is 0 Å². The number of piperazine rings is 1. The number of nitrogens with zero attached hydrogens (tertiary/aromatic N) is 4. The molecule has 0 amide bonds. The van der Waals surface area contributed by atoms with Gasteiger partial charge in [-0.15, -0.1) is 0 Å². The Labute approximate surface area is 159 Å². The van der Waals surface area contributed by atoms with Crippen molar-refractivity contribution in [3.8, 4) is 11.1 Å². The van der Waals surface area contributed by atoms with Gasteiger partial charge in [-0.2, -0.15) is 5.10 Å². The van der Waals surface area contributed by atoms with E-state index in [1.807, 2.05) is 24.4 Å². The molecule has 1 aromatic heterocycles. The molecule has 0 saturated carbocycles. The van der Waals surface area contributed by atoms with E-state index in [0.29, 0.717) is 6.04 Å². The molecular weight excluding hydrogens is 332 g/mol. The summed E-state index contributed by atoms with van der Waals surface area (Å²) in [5, 5.41) is 6.77. The summed E-state index contributed by atoms with van der Waals surface area (Å²) >= 11 is 0. The van der Waals surface area contributed by atoms with E-state index >= 15 is 0 Å². The molecule has 1 aliphatic carbocycles. The minimum atomic E-state index is 0.360. The Morgan fingerprint density at radius 1 is 0.778 bits per heavy atom. The lowest BCUT2D eigenvalue weighted by atomic mass is 10.0. The van der Waals surface area contributed by atoms with Crippen molar-refractivity contribution in [1.82, 2.24) is 14.9 Å². The smallest absolute Gasteiger partial charge is 0.0830 e. The molecule has 2 aliphatic rings. The normalized spacial score (nSPS) is 17.3. The number of fused-ring (bicyclic) bond motifs is 3. The van der Waals surface area contributed by atoms with Crippen LogP contribution in [0.4, 0.5) is 0 Å². The number of hydrogen-bond donors (Lipinski definition) is 0. The van der Waals surface area contributed by atoms with Gasteiger partial charge in [0.1, 0.15) is 0 Å². The zero-order valence-corrected chi connectivity index (χ0v) is 15.2. The summed E-state index contributed by atoms with van der Waals surface area (Å²) in [6.45, 7) is 3.88. The Kier molecular flexibility index (Phi) is 4.18. The SMILES string of the molecule is C(=NN1CCN(C2c3ccccc3-c3ccccc32)CC1)c1ccccn1. The summed E-state index contributed by atoms with van der Waals surface area (Å²) in [7, 11) is 0. The molecule has 0 atom stereocenters. The Morgan fingerprint density at radius 2 is 1.41 bits per heavy atom. The first kappa shape index (κ1) is 16.2. The third-order valence-corrected chi connectivity index (χ3v) is 5.50. The lowest BCUT2D eigenvalue weighted by Crippen LogP contribution is -2.45. The molecule has 1 saturated heterocycles. The molecule has 3 aromatic rings. The van der Waals surface area contributed by atoms with Crippen LogP contribution in [0.1, 0.15) is 22.9 Å². The molecule has 27 heavy (non-hydrogen) atoms. The van der Waals surface area contributed by atoms with Crippen molar-refractivity contribution in [3.63, 3.8) is 0 Å². The monoisotopic (exact) mass is 354 g/mol. The average Bonchev–Trinajstić information content (AvgIpc) is 3.08. The highest BCUT2D eigenvalue weighted by molar-refractivity contribution is 5.78. The van der Waals surface area contributed by atoms with Crippen LogP contribution in [0.2, 0.25) is 0 Å². The Morgan fingerprint density at radius 3 is 2.04 bits per heavy atom. The predicted octanol–water partition coefficient (Wildman–Crippen LogP) is 3.80. The van der Waals surface area contributed by atoms with Crippen LogP contribution in [0.3, 0.4) is 0 Å². The van der Waals surface area contributed by atoms with Crippen molar-refractivity contribution < 1.29 is 0 Å². The molecule has 0 spiro atoms. The number of aromatic nitrogens is 1. The number of hydrogen-bond acceptors (Lipinski definition) is 4. The number of hydrazone groups is 1. The van der Waals surface area contributed by atoms with Crippen LogP contribution in [0.15, 0.2) is 78.0 Å². The maximum absolute atomic E-state index is 4.62. The Balaban J connectivity index is 1.33. The van der Waals surface area contributed by atoms with Gasteiger partial charge < -0.3 is 0 Å². The molecule has 0 N–H and O–H groups in total. The van der Waals surface area contributed by atoms with Crippen molar-refractivity contribution in [2.45, 2.75) is 6.04 Å². The highest BCUT2D eigenvalue weighted by atomic mass is 15.5. The molecule has 134 valence electrons. The van der Waals surface area contributed by atoms with Crippen molar-refractivity contribution in [2.24, 2.45) is 5.10 Å². The van der Waals surface area contributed by atoms with Gasteiger partial charge in [0.2, 0.25) is 0 Å². The summed E-state index contributed by atoms with van der Waals surface area (Å²) in [5.74, 6) is 0. The van der Waals surface area contributed by atoms with Crippen LogP contribution >= 0.6 is 0 Å². The fourth-order valence-electron chi connectivity index (χ4n) is 4.20. The second-order valence-corrected chi connectivity index (χ2v) is 7.07. The standard InChI is InChI=1S/C23H22N4/c1-3-10-21-19(8-1)20-9-2-4-11-22(20)23(21)26-13-15-27(16-14-26)25-17-18-7-5-6-12-24-18/h1-12,17,23H,13-16H2. The fraction of sp³-hybridized carbons (Fsp3) is 0.217. The van der Waals surface area contributed by atoms with Crippen molar-refractivity contribution in [3.05, 3.63) is 89.7 Å². The first-order chi connectivity index (χ1) is 13.4. The lowest BCUT2D eigenvalue weighted by Gasteiger charge is -2.37. The summed E-state index contributed by atoms with van der Waals surface area (Å²) in [4.78, 5) is 6.90. The average molecular weight is 354 g/mol. The van der Waals surface area contributed by atoms with Gasteiger partial charge in [0.25, 0.3) is 0 Å². The quantitative estimate of drug-likeness (QED) is 0.671. The van der Waals surface area contributed by atoms with Gasteiger partial charge in [0.15, 0.2) is 0 Å². The van der Waals surface area contributed by atoms with Crippen molar-refractivity contribution >= 4 is 6.21 Å². The van der Waals surface area contributed by atoms with Gasteiger partial charge in [-0.25, -0.2) is 0 Å². The summed E-state index contributed by atoms with van der Waals surface area (Å²) in [5.41, 5.74) is 6.54. The lowest BCUT2D eigenvalue weighted by molar-refractivity contribution is 0.114. The number of benzene rings is 2. The molecule has 0 bridgehead atoms. The molecule has 4 nitrogen and oxygen atoms in total. The molecule has 1 fully saturated rings. The van der Waals surface area contributed by atoms with Crippen LogP contribution in [0.5, 0.6) is 0 Å². The summed E-state index contributed by atoms with van der Waals surface area (Å²) in [6, 6.07) is 23.9. The van der Waals surface area contributed by atoms with E-state index < -0.39 is 0 Å². The van der Waals surface area contributed by atoms with Crippen LogP contribution in [0, 0.1) is 0 Å². The van der Waals surface area contributed by atoms with Gasteiger partial charge in [-0.05, 0) is 34.4 Å². The van der Waals surface area contributed by atoms with E-state index in [0.717, 1.165) is 31.9 Å². The molecule has 1 aliphatic heterocycles. The highest BCUT2D eigenvalue weighted by Gasteiger charge is 2.33. The number of rotatable bonds is 3. The zero-order chi connectivity index (χ0) is 18.1. The van der Waals surface area contributed by atoms with E-state index in [1.54, 1.807) is 6.20 Å². The largest absolute Gasteiger partial charge is 0.294 e. The minimum Gasteiger partial charge on any atom is -0.294 e. The molecule has 0 radical (unpaired) electrons. The zero-order valence-electron chi connectivity index (χ0n) is 15.2. The van der Waals surface area contributed by atoms with Crippen LogP contribution in [-0.2, 0) is 0 Å². The van der Waals surface area contributed by atoms with Gasteiger partial charge >= 0.3 is 0 Å². The Hall–Kier alpha value is -2.98. The second kappa shape index (κ2) is 6.97. The maximum Gasteiger partial charge on any atom is 0.0830 e. The third-order valence-electron chi connectivity index (χ3n) is 5.50. The first-order valence-electron chi connectivity index (χ1n) is 9.52. The predicted molar refractivity (Wildman–Crippen MR) is 109 cm³/mol. The van der Waals surface area contributed by atoms with Gasteiger partial charge in [-0.3, -0.25) is 14.9 Å². The van der Waals surface area contributed by atoms with Crippen molar-refractivity contribution in [1.29, 1.82) is 0 Å². The Bertz CT molecular complexity index is 913. The van der Waals surface area contributed by atoms with Gasteiger partial charge in [-0.1, -0.05) is 54.6 Å². The molecule has 0 unspecified atom stereocenters. The molecule has 5 rings (SSSR count). The molecule has 2 heterocycles. The van der Waals surface area contributed by atoms with E-state index in [4.69, 9.17) is 0 Å². The van der Waals surface area contributed by atoms with Crippen LogP contribution in [-0.4, -0.2) is 47.3 Å². The first-order valence-corrected chi connectivity index (χ1v) is 9.52. The summed E-state index contributed by atoms with van der Waals surface area (Å²) in [6.07, 6.45) is 3.66. The molecule has 4 heteroatoms. The minimum absolute atomic E-state index is 0.360. The van der Waals surface area contributed by atoms with E-state index in [1.165, 1.54) is 22.3 Å². The van der Waals surface area contributed by atoms with E-state index in [2.05, 4.69) is 68.5 Å². The fourth-order valence-corrected chi connectivity index (χ4v) is 4.20. The van der Waals surface area contributed by atoms with Gasteiger partial charge in [0.05, 0.1) is 18.0 Å².